The Morgan fingerprint density at radius 3 is 2.62 bits per heavy atom. The van der Waals surface area contributed by atoms with E-state index in [1.54, 1.807) is 7.05 Å². The quantitative estimate of drug-likeness (QED) is 0.770. The molecule has 0 amide bonds. The molecule has 0 aliphatic carbocycles. The van der Waals surface area contributed by atoms with Crippen LogP contribution in [0.2, 0.25) is 0 Å². The molecule has 2 N–H and O–H groups in total. The fourth-order valence-corrected chi connectivity index (χ4v) is 2.36. The standard InChI is InChI=1S/C16H11F2N3O3/c1-19-13-5-3-9-14(22)10(16(23)24)7-21(15(9)20-13)12-4-2-8(17)6-11(12)18/h2-7H,1H3,(H,19,20)(H,23,24). The summed E-state index contributed by atoms with van der Waals surface area (Å²) < 4.78 is 28.4. The van der Waals surface area contributed by atoms with Crippen LogP contribution in [0.25, 0.3) is 16.7 Å². The van der Waals surface area contributed by atoms with Gasteiger partial charge in [-0.1, -0.05) is 0 Å². The molecule has 0 aliphatic heterocycles. The Balaban J connectivity index is 2.46. The molecule has 0 atom stereocenters. The second-order valence-corrected chi connectivity index (χ2v) is 4.96. The molecule has 3 aromatic rings. The van der Waals surface area contributed by atoms with Gasteiger partial charge in [0.2, 0.25) is 5.43 Å². The first kappa shape index (κ1) is 15.6. The summed E-state index contributed by atoms with van der Waals surface area (Å²) in [5.41, 5.74) is -1.33. The Bertz CT molecular complexity index is 1030. The summed E-state index contributed by atoms with van der Waals surface area (Å²) in [4.78, 5) is 27.8. The van der Waals surface area contributed by atoms with Crippen molar-refractivity contribution in [1.82, 2.24) is 9.55 Å². The number of hydrogen-bond acceptors (Lipinski definition) is 4. The van der Waals surface area contributed by atoms with Crippen molar-refractivity contribution in [3.05, 3.63) is 63.9 Å². The maximum Gasteiger partial charge on any atom is 0.341 e. The van der Waals surface area contributed by atoms with Crippen LogP contribution in [0.15, 0.2) is 41.3 Å². The molecule has 2 aromatic heterocycles. The van der Waals surface area contributed by atoms with Crippen LogP contribution in [0.3, 0.4) is 0 Å². The van der Waals surface area contributed by atoms with Crippen molar-refractivity contribution in [3.63, 3.8) is 0 Å². The number of anilines is 1. The highest BCUT2D eigenvalue weighted by atomic mass is 19.1. The molecule has 2 heterocycles. The minimum atomic E-state index is -1.45. The van der Waals surface area contributed by atoms with Crippen LogP contribution in [0.4, 0.5) is 14.6 Å². The largest absolute Gasteiger partial charge is 0.477 e. The number of rotatable bonds is 3. The van der Waals surface area contributed by atoms with E-state index in [1.807, 2.05) is 0 Å². The summed E-state index contributed by atoms with van der Waals surface area (Å²) in [7, 11) is 1.61. The third-order valence-electron chi connectivity index (χ3n) is 3.51. The highest BCUT2D eigenvalue weighted by molar-refractivity contribution is 5.92. The average Bonchev–Trinajstić information content (AvgIpc) is 2.55. The first-order valence-electron chi connectivity index (χ1n) is 6.85. The summed E-state index contributed by atoms with van der Waals surface area (Å²) in [5, 5.41) is 12.0. The molecule has 0 bridgehead atoms. The predicted molar refractivity (Wildman–Crippen MR) is 83.8 cm³/mol. The Labute approximate surface area is 134 Å². The Hall–Kier alpha value is -3.29. The first-order chi connectivity index (χ1) is 11.4. The van der Waals surface area contributed by atoms with E-state index in [2.05, 4.69) is 10.3 Å². The molecule has 0 spiro atoms. The van der Waals surface area contributed by atoms with Crippen LogP contribution in [0, 0.1) is 11.6 Å². The van der Waals surface area contributed by atoms with E-state index in [-0.39, 0.29) is 16.7 Å². The van der Waals surface area contributed by atoms with Crippen molar-refractivity contribution in [2.45, 2.75) is 0 Å². The highest BCUT2D eigenvalue weighted by Gasteiger charge is 2.18. The van der Waals surface area contributed by atoms with Crippen LogP contribution in [-0.2, 0) is 0 Å². The zero-order valence-corrected chi connectivity index (χ0v) is 12.4. The molecule has 0 aliphatic rings. The van der Waals surface area contributed by atoms with Crippen LogP contribution >= 0.6 is 0 Å². The number of carboxylic acid groups (broad SMARTS) is 1. The number of benzene rings is 1. The molecule has 8 heteroatoms. The van der Waals surface area contributed by atoms with Gasteiger partial charge in [0.25, 0.3) is 0 Å². The topological polar surface area (TPSA) is 84.2 Å². The van der Waals surface area contributed by atoms with Gasteiger partial charge in [0.1, 0.15) is 23.0 Å². The molecule has 3 rings (SSSR count). The molecule has 1 aromatic carbocycles. The Morgan fingerprint density at radius 2 is 2.00 bits per heavy atom. The minimum absolute atomic E-state index is 0.0117. The lowest BCUT2D eigenvalue weighted by atomic mass is 10.1. The SMILES string of the molecule is CNc1ccc2c(=O)c(C(=O)O)cn(-c3ccc(F)cc3F)c2n1. The molecular formula is C16H11F2N3O3. The van der Waals surface area contributed by atoms with Gasteiger partial charge in [-0.05, 0) is 24.3 Å². The molecule has 0 radical (unpaired) electrons. The Morgan fingerprint density at radius 1 is 1.25 bits per heavy atom. The number of hydrogen-bond donors (Lipinski definition) is 2. The number of pyridine rings is 2. The molecule has 6 nitrogen and oxygen atoms in total. The van der Waals surface area contributed by atoms with E-state index in [0.29, 0.717) is 11.9 Å². The van der Waals surface area contributed by atoms with E-state index in [1.165, 1.54) is 12.1 Å². The number of halogens is 2. The van der Waals surface area contributed by atoms with Gasteiger partial charge >= 0.3 is 5.97 Å². The molecule has 0 unspecified atom stereocenters. The van der Waals surface area contributed by atoms with E-state index in [0.717, 1.165) is 22.9 Å². The normalized spacial score (nSPS) is 10.8. The van der Waals surface area contributed by atoms with Gasteiger partial charge in [-0.3, -0.25) is 9.36 Å². The van der Waals surface area contributed by atoms with Crippen LogP contribution in [-0.4, -0.2) is 27.7 Å². The van der Waals surface area contributed by atoms with Crippen molar-refractivity contribution in [3.8, 4) is 5.69 Å². The lowest BCUT2D eigenvalue weighted by Crippen LogP contribution is -2.19. The zero-order chi connectivity index (χ0) is 17.4. The number of aromatic carboxylic acids is 1. The molecule has 24 heavy (non-hydrogen) atoms. The summed E-state index contributed by atoms with van der Waals surface area (Å²) in [5.74, 6) is -2.73. The smallest absolute Gasteiger partial charge is 0.341 e. The molecule has 0 saturated heterocycles. The van der Waals surface area contributed by atoms with E-state index >= 15 is 0 Å². The van der Waals surface area contributed by atoms with Crippen LogP contribution < -0.4 is 10.7 Å². The second kappa shape index (κ2) is 5.73. The number of nitrogens with zero attached hydrogens (tertiary/aromatic N) is 2. The van der Waals surface area contributed by atoms with Gasteiger partial charge in [0.15, 0.2) is 5.65 Å². The summed E-state index contributed by atoms with van der Waals surface area (Å²) in [6, 6.07) is 5.75. The third-order valence-corrected chi connectivity index (χ3v) is 3.51. The van der Waals surface area contributed by atoms with Gasteiger partial charge in [-0.2, -0.15) is 0 Å². The molecule has 0 saturated carbocycles. The number of aromatic nitrogens is 2. The van der Waals surface area contributed by atoms with Crippen molar-refractivity contribution in [1.29, 1.82) is 0 Å². The molecular weight excluding hydrogens is 320 g/mol. The summed E-state index contributed by atoms with van der Waals surface area (Å²) in [6.45, 7) is 0. The van der Waals surface area contributed by atoms with Crippen molar-refractivity contribution in [2.24, 2.45) is 0 Å². The van der Waals surface area contributed by atoms with Gasteiger partial charge in [-0.25, -0.2) is 18.6 Å². The van der Waals surface area contributed by atoms with Gasteiger partial charge in [0.05, 0.1) is 11.1 Å². The zero-order valence-electron chi connectivity index (χ0n) is 12.4. The van der Waals surface area contributed by atoms with Crippen molar-refractivity contribution in [2.75, 3.05) is 12.4 Å². The van der Waals surface area contributed by atoms with E-state index < -0.39 is 28.6 Å². The van der Waals surface area contributed by atoms with Crippen molar-refractivity contribution >= 4 is 22.8 Å². The number of fused-ring (bicyclic) bond motifs is 1. The van der Waals surface area contributed by atoms with E-state index in [4.69, 9.17) is 0 Å². The lowest BCUT2D eigenvalue weighted by molar-refractivity contribution is 0.0695. The van der Waals surface area contributed by atoms with Gasteiger partial charge in [0, 0.05) is 19.3 Å². The lowest BCUT2D eigenvalue weighted by Gasteiger charge is -2.13. The average molecular weight is 331 g/mol. The molecule has 0 fully saturated rings. The third kappa shape index (κ3) is 2.47. The fraction of sp³-hybridized carbons (Fsp3) is 0.0625. The van der Waals surface area contributed by atoms with Gasteiger partial charge in [-0.15, -0.1) is 0 Å². The maximum atomic E-state index is 14.2. The van der Waals surface area contributed by atoms with Crippen molar-refractivity contribution < 1.29 is 18.7 Å². The predicted octanol–water partition coefficient (Wildman–Crippen LogP) is 2.40. The number of nitrogens with one attached hydrogen (secondary N) is 1. The maximum absolute atomic E-state index is 14.2. The number of carboxylic acids is 1. The fourth-order valence-electron chi connectivity index (χ4n) is 2.36. The second-order valence-electron chi connectivity index (χ2n) is 4.96. The molecule has 122 valence electrons. The van der Waals surface area contributed by atoms with Crippen LogP contribution in [0.1, 0.15) is 10.4 Å². The first-order valence-corrected chi connectivity index (χ1v) is 6.85. The summed E-state index contributed by atoms with van der Waals surface area (Å²) >= 11 is 0. The minimum Gasteiger partial charge on any atom is -0.477 e. The van der Waals surface area contributed by atoms with Crippen LogP contribution in [0.5, 0.6) is 0 Å². The van der Waals surface area contributed by atoms with E-state index in [9.17, 15) is 23.5 Å². The monoisotopic (exact) mass is 331 g/mol. The highest BCUT2D eigenvalue weighted by Crippen LogP contribution is 2.21. The van der Waals surface area contributed by atoms with Gasteiger partial charge < -0.3 is 10.4 Å². The number of carbonyl (C=O) groups is 1. The Kier molecular flexibility index (Phi) is 3.72. The summed E-state index contributed by atoms with van der Waals surface area (Å²) in [6.07, 6.45) is 0.982.